The maximum atomic E-state index is 11.6. The smallest absolute Gasteiger partial charge is 1.00 e. The first-order valence-corrected chi connectivity index (χ1v) is 27.9. The van der Waals surface area contributed by atoms with Crippen LogP contribution in [0.3, 0.4) is 0 Å². The molecule has 0 atom stereocenters. The van der Waals surface area contributed by atoms with E-state index in [4.69, 9.17) is 0 Å². The van der Waals surface area contributed by atoms with Crippen LogP contribution in [-0.4, -0.2) is 77.8 Å². The molecule has 0 amide bonds. The second kappa shape index (κ2) is 22.3. The van der Waals surface area contributed by atoms with Gasteiger partial charge < -0.3 is 24.8 Å². The third-order valence-electron chi connectivity index (χ3n) is 8.24. The molecule has 0 unspecified atom stereocenters. The zero-order valence-electron chi connectivity index (χ0n) is 31.9. The zero-order chi connectivity index (χ0) is 46.1. The molecule has 6 aromatic carbocycles. The Morgan fingerprint density at radius 2 is 0.385 bits per heavy atom. The molecule has 0 saturated carbocycles. The van der Waals surface area contributed by atoms with E-state index in [1.54, 1.807) is 0 Å². The first-order chi connectivity index (χ1) is 28.5. The van der Waals surface area contributed by atoms with Gasteiger partial charge in [0, 0.05) is 0 Å². The summed E-state index contributed by atoms with van der Waals surface area (Å²) in [6.45, 7) is 0. The van der Waals surface area contributed by atoms with Gasteiger partial charge in [-0.3, -0.25) is 27.3 Å². The Morgan fingerprint density at radius 1 is 0.262 bits per heavy atom. The van der Waals surface area contributed by atoms with E-state index < -0.39 is 106 Å². The van der Waals surface area contributed by atoms with E-state index in [0.717, 1.165) is 36.4 Å². The molecule has 0 fully saturated rings. The fourth-order valence-electron chi connectivity index (χ4n) is 5.59. The Balaban J connectivity index is 0.000000427. The first kappa shape index (κ1) is 58.0. The van der Waals surface area contributed by atoms with Crippen molar-refractivity contribution in [3.8, 4) is 0 Å². The molecule has 6 rings (SSSR count). The van der Waals surface area contributed by atoms with Gasteiger partial charge in [0.2, 0.25) is 0 Å². The van der Waals surface area contributed by atoms with Crippen molar-refractivity contribution in [2.24, 2.45) is 0 Å². The van der Waals surface area contributed by atoms with Gasteiger partial charge in [-0.05, 0) is 120 Å². The Morgan fingerprint density at radius 3 is 0.492 bits per heavy atom. The standard InChI is InChI=1S/2C18H15O9PS3.2ClH.Pd/c2*19-29(20,21)16-7-1-4-13(10-16)28(14-5-2-8-17(11-14)30(22,23)24)15-6-3-9-18(12-15)31(25,26)27;;;/h2*1-12H,(H,19,20,21)(H,22,23,24)(H,25,26,27);2*1H;/q;;;;+2/p-2. The van der Waals surface area contributed by atoms with Gasteiger partial charge in [-0.2, -0.15) is 50.5 Å². The monoisotopic (exact) mass is 1180 g/mol. The minimum atomic E-state index is -4.55. The van der Waals surface area contributed by atoms with Crippen molar-refractivity contribution in [1.82, 2.24) is 0 Å². The third kappa shape index (κ3) is 15.5. The Labute approximate surface area is 403 Å². The van der Waals surface area contributed by atoms with E-state index in [-0.39, 0.29) is 45.2 Å². The van der Waals surface area contributed by atoms with Crippen LogP contribution in [0.4, 0.5) is 0 Å². The van der Waals surface area contributed by atoms with E-state index in [0.29, 0.717) is 31.8 Å². The van der Waals surface area contributed by atoms with Crippen molar-refractivity contribution >= 4 is 108 Å². The fraction of sp³-hybridized carbons (Fsp3) is 0. The van der Waals surface area contributed by atoms with Gasteiger partial charge in [-0.25, -0.2) is 0 Å². The molecule has 0 aliphatic rings. The van der Waals surface area contributed by atoms with Gasteiger partial charge in [-0.15, -0.1) is 0 Å². The van der Waals surface area contributed by atoms with E-state index in [9.17, 15) is 77.8 Å². The molecule has 0 saturated heterocycles. The van der Waals surface area contributed by atoms with E-state index in [1.807, 2.05) is 0 Å². The molecule has 0 aliphatic carbocycles. The van der Waals surface area contributed by atoms with Crippen molar-refractivity contribution in [3.63, 3.8) is 0 Å². The van der Waals surface area contributed by atoms with Crippen molar-refractivity contribution < 1.29 is 123 Å². The predicted molar refractivity (Wildman–Crippen MR) is 229 cm³/mol. The van der Waals surface area contributed by atoms with Crippen LogP contribution in [0, 0.1) is 0 Å². The number of hydrogen-bond donors (Lipinski definition) is 6. The molecule has 65 heavy (non-hydrogen) atoms. The Kier molecular flexibility index (Phi) is 19.9. The predicted octanol–water partition coefficient (Wildman–Crippen LogP) is -3.62. The minimum absolute atomic E-state index is 0. The minimum Gasteiger partial charge on any atom is -1.00 e. The summed E-state index contributed by atoms with van der Waals surface area (Å²) in [7, 11) is -30.8. The summed E-state index contributed by atoms with van der Waals surface area (Å²) in [6.07, 6.45) is 0. The van der Waals surface area contributed by atoms with Crippen LogP contribution in [0.1, 0.15) is 0 Å². The fourth-order valence-corrected chi connectivity index (χ4v) is 14.1. The summed E-state index contributed by atoms with van der Waals surface area (Å²) < 4.78 is 195. The van der Waals surface area contributed by atoms with Gasteiger partial charge >= 0.3 is 20.4 Å². The second-order valence-corrected chi connectivity index (χ2v) is 25.5. The molecular formula is C36H30Cl2O18P2PdS6. The normalized spacial score (nSPS) is 12.2. The Hall–Kier alpha value is -3.12. The molecule has 0 spiro atoms. The average Bonchev–Trinajstić information content (AvgIpc) is 3.17. The molecule has 0 aliphatic heterocycles. The summed E-state index contributed by atoms with van der Waals surface area (Å²) in [5.74, 6) is 0. The molecular weight excluding hydrogens is 1150 g/mol. The van der Waals surface area contributed by atoms with E-state index in [2.05, 4.69) is 0 Å². The van der Waals surface area contributed by atoms with Gasteiger partial charge in [0.05, 0.1) is 29.4 Å². The molecule has 29 heteroatoms. The topological polar surface area (TPSA) is 326 Å². The van der Waals surface area contributed by atoms with Crippen LogP contribution in [0.5, 0.6) is 0 Å². The van der Waals surface area contributed by atoms with Crippen LogP contribution in [0.2, 0.25) is 0 Å². The summed E-state index contributed by atoms with van der Waals surface area (Å²) >= 11 is 0. The molecule has 352 valence electrons. The summed E-state index contributed by atoms with van der Waals surface area (Å²) in [5.41, 5.74) is 0. The van der Waals surface area contributed by atoms with Crippen molar-refractivity contribution in [3.05, 3.63) is 146 Å². The van der Waals surface area contributed by atoms with Crippen LogP contribution < -0.4 is 56.6 Å². The van der Waals surface area contributed by atoms with E-state index >= 15 is 0 Å². The molecule has 0 aromatic heterocycles. The van der Waals surface area contributed by atoms with Crippen molar-refractivity contribution in [1.29, 1.82) is 0 Å². The summed E-state index contributed by atoms with van der Waals surface area (Å²) in [5, 5.41) is 2.03. The zero-order valence-corrected chi connectivity index (χ0v) is 41.6. The molecule has 0 heterocycles. The number of rotatable bonds is 12. The van der Waals surface area contributed by atoms with Crippen LogP contribution >= 0.6 is 15.8 Å². The maximum Gasteiger partial charge on any atom is 2.00 e. The van der Waals surface area contributed by atoms with E-state index in [1.165, 1.54) is 109 Å². The second-order valence-electron chi connectivity index (χ2n) is 12.5. The molecule has 18 nitrogen and oxygen atoms in total. The number of hydrogen-bond acceptors (Lipinski definition) is 12. The molecule has 0 radical (unpaired) electrons. The van der Waals surface area contributed by atoms with Crippen LogP contribution in [0.15, 0.2) is 175 Å². The Bertz CT molecular complexity index is 2820. The summed E-state index contributed by atoms with van der Waals surface area (Å²) in [6, 6.07) is 31.4. The molecule has 6 N–H and O–H groups in total. The SMILES string of the molecule is O=S(=O)(O)c1cccc(P(c2cccc(S(=O)(=O)O)c2)c2cccc(S(=O)(=O)O)c2)c1.O=S(=O)(O)c1cccc(P(c2cccc(S(=O)(=O)O)c2)c2cccc(S(=O)(=O)O)c2)c1.[Cl-].[Cl-].[Pd+2]. The van der Waals surface area contributed by atoms with Gasteiger partial charge in [0.25, 0.3) is 60.7 Å². The third-order valence-corrected chi connectivity index (χ3v) is 18.1. The quantitative estimate of drug-likeness (QED) is 0.0391. The van der Waals surface area contributed by atoms with Crippen molar-refractivity contribution in [2.75, 3.05) is 0 Å². The average molecular weight is 1180 g/mol. The van der Waals surface area contributed by atoms with Crippen molar-refractivity contribution in [2.45, 2.75) is 29.4 Å². The molecule has 0 bridgehead atoms. The largest absolute Gasteiger partial charge is 2.00 e. The maximum absolute atomic E-state index is 11.6. The van der Waals surface area contributed by atoms with Crippen LogP contribution in [0.25, 0.3) is 0 Å². The number of halogens is 2. The van der Waals surface area contributed by atoms with Crippen LogP contribution in [-0.2, 0) is 81.1 Å². The summed E-state index contributed by atoms with van der Waals surface area (Å²) in [4.78, 5) is -2.45. The first-order valence-electron chi connectivity index (χ1n) is 16.6. The van der Waals surface area contributed by atoms with Gasteiger partial charge in [0.15, 0.2) is 0 Å². The number of benzene rings is 6. The molecule has 6 aromatic rings. The van der Waals surface area contributed by atoms with Gasteiger partial charge in [-0.1, -0.05) is 72.8 Å². The van der Waals surface area contributed by atoms with Gasteiger partial charge in [0.1, 0.15) is 0 Å².